The van der Waals surface area contributed by atoms with Crippen LogP contribution in [0.15, 0.2) is 97.1 Å². The molecule has 0 aliphatic rings. The van der Waals surface area contributed by atoms with Gasteiger partial charge >= 0.3 is 23.9 Å². The molecule has 0 aliphatic carbocycles. The maximum Gasteiger partial charge on any atom is 0.339 e. The Morgan fingerprint density at radius 2 is 0.488 bits per heavy atom. The van der Waals surface area contributed by atoms with Gasteiger partial charge in [0.25, 0.3) is 0 Å². The summed E-state index contributed by atoms with van der Waals surface area (Å²) in [4.78, 5) is 41.0. The zero-order chi connectivity index (χ0) is 30.2. The molecule has 0 aliphatic heterocycles. The monoisotopic (exact) mass is 600 g/mol. The number of para-hydroxylation sites is 4. The van der Waals surface area contributed by atoms with Gasteiger partial charge in [-0.1, -0.05) is 48.5 Å². The predicted octanol–water partition coefficient (Wildman–Crippen LogP) is 4.36. The number of carboxylic acid groups (broad SMARTS) is 4. The van der Waals surface area contributed by atoms with Crippen molar-refractivity contribution in [2.24, 2.45) is 0 Å². The molecule has 0 amide bonds. The van der Waals surface area contributed by atoms with E-state index in [2.05, 4.69) is 0 Å². The van der Waals surface area contributed by atoms with Crippen molar-refractivity contribution in [3.8, 4) is 23.0 Å². The molecule has 0 atom stereocenters. The summed E-state index contributed by atoms with van der Waals surface area (Å²) in [6.45, 7) is 0. The minimum absolute atomic E-state index is 0. The van der Waals surface area contributed by atoms with Gasteiger partial charge < -0.3 is 40.9 Å². The number of benzene rings is 4. The van der Waals surface area contributed by atoms with Crippen LogP contribution in [0.25, 0.3) is 0 Å². The Bertz CT molecular complexity index is 1250. The maximum absolute atomic E-state index is 10.3. The Morgan fingerprint density at radius 1 is 0.341 bits per heavy atom. The van der Waals surface area contributed by atoms with Crippen molar-refractivity contribution < 1.29 is 81.7 Å². The van der Waals surface area contributed by atoms with Crippen LogP contribution < -0.4 is 0 Å². The summed E-state index contributed by atoms with van der Waals surface area (Å²) in [5, 5.41) is 69.2. The molecule has 0 unspecified atom stereocenters. The van der Waals surface area contributed by atoms with E-state index in [9.17, 15) is 19.2 Å². The predicted molar refractivity (Wildman–Crippen MR) is 140 cm³/mol. The van der Waals surface area contributed by atoms with Gasteiger partial charge in [-0.25, -0.2) is 19.2 Å². The van der Waals surface area contributed by atoms with Crippen LogP contribution in [0.4, 0.5) is 0 Å². The molecule has 4 aromatic rings. The second kappa shape index (κ2) is 18.0. The summed E-state index contributed by atoms with van der Waals surface area (Å²) in [5.74, 6) is -5.25. The molecule has 0 saturated heterocycles. The standard InChI is InChI=1S/4C7H6O3.Ti/c4*8-6-4-2-1-3-5(6)7(9)10;/h4*1-4,8H,(H,9,10);. The van der Waals surface area contributed by atoms with Crippen LogP contribution in [0, 0.1) is 0 Å². The molecule has 0 aromatic heterocycles. The van der Waals surface area contributed by atoms with Gasteiger partial charge in [0.1, 0.15) is 45.3 Å². The third-order valence-corrected chi connectivity index (χ3v) is 4.54. The SMILES string of the molecule is O=C(O)c1ccccc1O.O=C(O)c1ccccc1O.O=C(O)c1ccccc1O.O=C(O)c1ccccc1O.[Ti]. The van der Waals surface area contributed by atoms with Crippen LogP contribution in [-0.4, -0.2) is 64.7 Å². The van der Waals surface area contributed by atoms with Crippen LogP contribution >= 0.6 is 0 Å². The number of carboxylic acids is 4. The zero-order valence-corrected chi connectivity index (χ0v) is 22.5. The minimum Gasteiger partial charge on any atom is -0.507 e. The van der Waals surface area contributed by atoms with Crippen molar-refractivity contribution in [3.05, 3.63) is 119 Å². The largest absolute Gasteiger partial charge is 0.507 e. The number of hydrogen-bond donors (Lipinski definition) is 8. The van der Waals surface area contributed by atoms with Gasteiger partial charge in [0.15, 0.2) is 0 Å². The molecule has 8 N–H and O–H groups in total. The summed E-state index contributed by atoms with van der Waals surface area (Å²) in [6, 6.07) is 23.2. The van der Waals surface area contributed by atoms with Gasteiger partial charge in [0, 0.05) is 21.7 Å². The number of rotatable bonds is 4. The third kappa shape index (κ3) is 12.4. The normalized spacial score (nSPS) is 8.98. The number of carbonyl (C=O) groups is 4. The molecule has 212 valence electrons. The van der Waals surface area contributed by atoms with Crippen molar-refractivity contribution in [1.29, 1.82) is 0 Å². The van der Waals surface area contributed by atoms with Gasteiger partial charge in [0.05, 0.1) is 0 Å². The average Bonchev–Trinajstić information content (AvgIpc) is 2.90. The van der Waals surface area contributed by atoms with E-state index in [0.717, 1.165) is 0 Å². The van der Waals surface area contributed by atoms with E-state index in [1.54, 1.807) is 48.5 Å². The average molecular weight is 600 g/mol. The molecule has 0 radical (unpaired) electrons. The number of aromatic carboxylic acids is 4. The Labute approximate surface area is 247 Å². The molecule has 41 heavy (non-hydrogen) atoms. The van der Waals surface area contributed by atoms with E-state index in [1.807, 2.05) is 0 Å². The molecule has 0 saturated carbocycles. The summed E-state index contributed by atoms with van der Waals surface area (Å²) in [5.41, 5.74) is -0.269. The fraction of sp³-hybridized carbons (Fsp3) is 0. The first-order valence-corrected chi connectivity index (χ1v) is 10.9. The number of hydrogen-bond acceptors (Lipinski definition) is 8. The first-order valence-electron chi connectivity index (χ1n) is 10.9. The van der Waals surface area contributed by atoms with E-state index in [1.165, 1.54) is 48.5 Å². The van der Waals surface area contributed by atoms with Gasteiger partial charge in [-0.3, -0.25) is 0 Å². The van der Waals surface area contributed by atoms with Crippen LogP contribution in [0.1, 0.15) is 41.4 Å². The quantitative estimate of drug-likeness (QED) is 0.153. The van der Waals surface area contributed by atoms with Gasteiger partial charge in [-0.15, -0.1) is 0 Å². The van der Waals surface area contributed by atoms with E-state index in [-0.39, 0.29) is 67.0 Å². The van der Waals surface area contributed by atoms with Crippen molar-refractivity contribution in [2.75, 3.05) is 0 Å². The number of phenols is 4. The Kier molecular flexibility index (Phi) is 15.7. The van der Waals surface area contributed by atoms with Gasteiger partial charge in [-0.05, 0) is 48.5 Å². The second-order valence-corrected chi connectivity index (χ2v) is 7.29. The third-order valence-electron chi connectivity index (χ3n) is 4.54. The summed E-state index contributed by atoms with van der Waals surface area (Å²) in [6.07, 6.45) is 0. The Hall–Kier alpha value is -5.33. The first-order chi connectivity index (χ1) is 18.9. The summed E-state index contributed by atoms with van der Waals surface area (Å²) >= 11 is 0. The molecular weight excluding hydrogens is 576 g/mol. The molecule has 0 heterocycles. The van der Waals surface area contributed by atoms with E-state index in [0.29, 0.717) is 0 Å². The Morgan fingerprint density at radius 3 is 0.585 bits per heavy atom. The van der Waals surface area contributed by atoms with Crippen molar-refractivity contribution >= 4 is 23.9 Å². The number of aromatic hydroxyl groups is 4. The topological polar surface area (TPSA) is 230 Å². The molecule has 4 aromatic carbocycles. The molecule has 0 fully saturated rings. The fourth-order valence-electron chi connectivity index (χ4n) is 2.62. The molecule has 4 rings (SSSR count). The smallest absolute Gasteiger partial charge is 0.339 e. The molecule has 13 heteroatoms. The van der Waals surface area contributed by atoms with E-state index < -0.39 is 23.9 Å². The maximum atomic E-state index is 10.3. The zero-order valence-electron chi connectivity index (χ0n) is 20.9. The van der Waals surface area contributed by atoms with E-state index in [4.69, 9.17) is 40.9 Å². The Balaban J connectivity index is 0.000000516. The molecule has 12 nitrogen and oxygen atoms in total. The van der Waals surface area contributed by atoms with Crippen LogP contribution in [-0.2, 0) is 21.7 Å². The van der Waals surface area contributed by atoms with Crippen LogP contribution in [0.5, 0.6) is 23.0 Å². The van der Waals surface area contributed by atoms with Crippen molar-refractivity contribution in [1.82, 2.24) is 0 Å². The molecular formula is C28H24O12Ti. The summed E-state index contributed by atoms with van der Waals surface area (Å²) in [7, 11) is 0. The minimum atomic E-state index is -1.11. The van der Waals surface area contributed by atoms with Gasteiger partial charge in [-0.2, -0.15) is 0 Å². The second-order valence-electron chi connectivity index (χ2n) is 7.29. The first kappa shape index (κ1) is 35.7. The van der Waals surface area contributed by atoms with E-state index >= 15 is 0 Å². The molecule has 0 bridgehead atoms. The van der Waals surface area contributed by atoms with Crippen molar-refractivity contribution in [2.45, 2.75) is 0 Å². The molecule has 0 spiro atoms. The van der Waals surface area contributed by atoms with Crippen LogP contribution in [0.2, 0.25) is 0 Å². The van der Waals surface area contributed by atoms with Gasteiger partial charge in [0.2, 0.25) is 0 Å². The van der Waals surface area contributed by atoms with Crippen molar-refractivity contribution in [3.63, 3.8) is 0 Å². The fourth-order valence-corrected chi connectivity index (χ4v) is 2.62. The summed E-state index contributed by atoms with van der Waals surface area (Å²) < 4.78 is 0. The van der Waals surface area contributed by atoms with Crippen LogP contribution in [0.3, 0.4) is 0 Å².